The van der Waals surface area contributed by atoms with Crippen LogP contribution in [-0.4, -0.2) is 33.4 Å². The van der Waals surface area contributed by atoms with Crippen molar-refractivity contribution in [2.24, 2.45) is 0 Å². The van der Waals surface area contributed by atoms with E-state index in [-0.39, 0.29) is 12.3 Å². The fourth-order valence-electron chi connectivity index (χ4n) is 2.48. The molecule has 2 N–H and O–H groups in total. The summed E-state index contributed by atoms with van der Waals surface area (Å²) in [6.07, 6.45) is 2.86. The summed E-state index contributed by atoms with van der Waals surface area (Å²) in [5, 5.41) is 15.7. The summed E-state index contributed by atoms with van der Waals surface area (Å²) in [5.74, 6) is -0.637. The number of hydrogen-bond donors (Lipinski definition) is 2. The highest BCUT2D eigenvalue weighted by atomic mass is 16.5. The highest BCUT2D eigenvalue weighted by Gasteiger charge is 2.21. The SMILES string of the molecule is O=C(O)CCc1cccc(NC(=O)c2cnn3c2OCCC3)c1. The number of carbonyl (C=O) groups excluding carboxylic acids is 1. The molecule has 1 amide bonds. The van der Waals surface area contributed by atoms with Gasteiger partial charge in [0.2, 0.25) is 5.88 Å². The number of amides is 1. The van der Waals surface area contributed by atoms with Crippen LogP contribution in [-0.2, 0) is 17.8 Å². The molecular weight excluding hydrogens is 298 g/mol. The molecule has 0 fully saturated rings. The number of nitrogens with zero attached hydrogens (tertiary/aromatic N) is 2. The van der Waals surface area contributed by atoms with Crippen molar-refractivity contribution in [1.82, 2.24) is 9.78 Å². The van der Waals surface area contributed by atoms with Crippen LogP contribution in [0, 0.1) is 0 Å². The number of hydrogen-bond acceptors (Lipinski definition) is 4. The smallest absolute Gasteiger partial charge is 0.303 e. The summed E-state index contributed by atoms with van der Waals surface area (Å²) < 4.78 is 7.20. The molecule has 120 valence electrons. The second kappa shape index (κ2) is 6.51. The van der Waals surface area contributed by atoms with Crippen LogP contribution < -0.4 is 10.1 Å². The lowest BCUT2D eigenvalue weighted by Gasteiger charge is -2.16. The number of aliphatic carboxylic acids is 1. The maximum Gasteiger partial charge on any atom is 0.303 e. The molecular formula is C16H17N3O4. The van der Waals surface area contributed by atoms with Gasteiger partial charge >= 0.3 is 5.97 Å². The Morgan fingerprint density at radius 3 is 3.09 bits per heavy atom. The van der Waals surface area contributed by atoms with Gasteiger partial charge in [-0.3, -0.25) is 9.59 Å². The minimum absolute atomic E-state index is 0.0577. The number of aryl methyl sites for hydroxylation is 2. The monoisotopic (exact) mass is 315 g/mol. The molecule has 7 nitrogen and oxygen atoms in total. The number of fused-ring (bicyclic) bond motifs is 1. The molecule has 0 bridgehead atoms. The first kappa shape index (κ1) is 15.1. The maximum atomic E-state index is 12.4. The number of carboxylic acid groups (broad SMARTS) is 1. The molecule has 2 aromatic rings. The van der Waals surface area contributed by atoms with Gasteiger partial charge in [-0.25, -0.2) is 4.68 Å². The minimum Gasteiger partial charge on any atom is -0.481 e. The van der Waals surface area contributed by atoms with Gasteiger partial charge in [-0.1, -0.05) is 12.1 Å². The zero-order chi connectivity index (χ0) is 16.2. The van der Waals surface area contributed by atoms with Crippen molar-refractivity contribution in [3.05, 3.63) is 41.6 Å². The number of anilines is 1. The van der Waals surface area contributed by atoms with Crippen molar-refractivity contribution in [1.29, 1.82) is 0 Å². The van der Waals surface area contributed by atoms with Crippen LogP contribution in [0.2, 0.25) is 0 Å². The molecule has 0 aliphatic carbocycles. The average Bonchev–Trinajstić information content (AvgIpc) is 2.97. The Balaban J connectivity index is 1.71. The first-order valence-electron chi connectivity index (χ1n) is 7.44. The number of ether oxygens (including phenoxy) is 1. The van der Waals surface area contributed by atoms with E-state index < -0.39 is 5.97 Å². The van der Waals surface area contributed by atoms with E-state index in [4.69, 9.17) is 9.84 Å². The highest BCUT2D eigenvalue weighted by Crippen LogP contribution is 2.23. The Bertz CT molecular complexity index is 739. The zero-order valence-corrected chi connectivity index (χ0v) is 12.5. The lowest BCUT2D eigenvalue weighted by atomic mass is 10.1. The third kappa shape index (κ3) is 3.50. The van der Waals surface area contributed by atoms with Gasteiger partial charge in [0.05, 0.1) is 12.8 Å². The predicted molar refractivity (Wildman–Crippen MR) is 82.7 cm³/mol. The maximum absolute atomic E-state index is 12.4. The van der Waals surface area contributed by atoms with Crippen molar-refractivity contribution in [3.8, 4) is 5.88 Å². The summed E-state index contributed by atoms with van der Waals surface area (Å²) in [6, 6.07) is 7.16. The molecule has 1 aliphatic rings. The molecule has 1 aliphatic heterocycles. The van der Waals surface area contributed by atoms with Crippen LogP contribution in [0.3, 0.4) is 0 Å². The van der Waals surface area contributed by atoms with Gasteiger partial charge in [-0.15, -0.1) is 0 Å². The van der Waals surface area contributed by atoms with Gasteiger partial charge in [0.25, 0.3) is 5.91 Å². The summed E-state index contributed by atoms with van der Waals surface area (Å²) >= 11 is 0. The molecule has 0 saturated heterocycles. The van der Waals surface area contributed by atoms with E-state index in [1.54, 1.807) is 22.9 Å². The van der Waals surface area contributed by atoms with Crippen LogP contribution in [0.5, 0.6) is 5.88 Å². The lowest BCUT2D eigenvalue weighted by molar-refractivity contribution is -0.136. The fraction of sp³-hybridized carbons (Fsp3) is 0.312. The molecule has 3 rings (SSSR count). The Morgan fingerprint density at radius 1 is 1.39 bits per heavy atom. The van der Waals surface area contributed by atoms with Crippen molar-refractivity contribution < 1.29 is 19.4 Å². The molecule has 23 heavy (non-hydrogen) atoms. The number of nitrogens with one attached hydrogen (secondary N) is 1. The quantitative estimate of drug-likeness (QED) is 0.879. The Morgan fingerprint density at radius 2 is 2.26 bits per heavy atom. The topological polar surface area (TPSA) is 93.5 Å². The van der Waals surface area contributed by atoms with Crippen LogP contribution in [0.4, 0.5) is 5.69 Å². The summed E-state index contributed by atoms with van der Waals surface area (Å²) in [6.45, 7) is 1.32. The Hall–Kier alpha value is -2.83. The molecule has 0 saturated carbocycles. The van der Waals surface area contributed by atoms with E-state index in [2.05, 4.69) is 10.4 Å². The first-order valence-corrected chi connectivity index (χ1v) is 7.44. The van der Waals surface area contributed by atoms with Crippen molar-refractivity contribution in [2.45, 2.75) is 25.8 Å². The van der Waals surface area contributed by atoms with Gasteiger partial charge in [-0.2, -0.15) is 5.10 Å². The van der Waals surface area contributed by atoms with Crippen LogP contribution >= 0.6 is 0 Å². The molecule has 0 unspecified atom stereocenters. The lowest BCUT2D eigenvalue weighted by Crippen LogP contribution is -2.18. The third-order valence-electron chi connectivity index (χ3n) is 3.60. The Kier molecular flexibility index (Phi) is 4.27. The molecule has 1 aromatic carbocycles. The van der Waals surface area contributed by atoms with Crippen LogP contribution in [0.15, 0.2) is 30.5 Å². The molecule has 0 atom stereocenters. The average molecular weight is 315 g/mol. The summed E-state index contributed by atoms with van der Waals surface area (Å²) in [4.78, 5) is 23.0. The number of aromatic nitrogens is 2. The van der Waals surface area contributed by atoms with Gasteiger partial charge < -0.3 is 15.2 Å². The minimum atomic E-state index is -0.844. The first-order chi connectivity index (χ1) is 11.1. The normalized spacial score (nSPS) is 13.0. The van der Waals surface area contributed by atoms with E-state index in [1.807, 2.05) is 6.07 Å². The second-order valence-electron chi connectivity index (χ2n) is 5.34. The molecule has 2 heterocycles. The summed E-state index contributed by atoms with van der Waals surface area (Å²) in [7, 11) is 0. The highest BCUT2D eigenvalue weighted by molar-refractivity contribution is 6.05. The Labute approximate surface area is 132 Å². The van der Waals surface area contributed by atoms with E-state index in [0.29, 0.717) is 30.2 Å². The number of carbonyl (C=O) groups is 2. The van der Waals surface area contributed by atoms with E-state index in [0.717, 1.165) is 18.5 Å². The van der Waals surface area contributed by atoms with Crippen molar-refractivity contribution in [3.63, 3.8) is 0 Å². The molecule has 0 radical (unpaired) electrons. The van der Waals surface area contributed by atoms with Gasteiger partial charge in [0.1, 0.15) is 5.56 Å². The molecule has 1 aromatic heterocycles. The predicted octanol–water partition coefficient (Wildman–Crippen LogP) is 1.94. The van der Waals surface area contributed by atoms with Crippen LogP contribution in [0.25, 0.3) is 0 Å². The van der Waals surface area contributed by atoms with Crippen LogP contribution in [0.1, 0.15) is 28.8 Å². The summed E-state index contributed by atoms with van der Waals surface area (Å²) in [5.41, 5.74) is 1.88. The number of benzene rings is 1. The number of rotatable bonds is 5. The fourth-order valence-corrected chi connectivity index (χ4v) is 2.48. The molecule has 0 spiro atoms. The third-order valence-corrected chi connectivity index (χ3v) is 3.60. The number of carboxylic acids is 1. The van der Waals surface area contributed by atoms with Crippen molar-refractivity contribution in [2.75, 3.05) is 11.9 Å². The van der Waals surface area contributed by atoms with Gasteiger partial charge in [0.15, 0.2) is 0 Å². The largest absolute Gasteiger partial charge is 0.481 e. The van der Waals surface area contributed by atoms with Gasteiger partial charge in [0, 0.05) is 25.1 Å². The van der Waals surface area contributed by atoms with E-state index >= 15 is 0 Å². The zero-order valence-electron chi connectivity index (χ0n) is 12.5. The van der Waals surface area contributed by atoms with E-state index in [1.165, 1.54) is 6.20 Å². The molecule has 7 heteroatoms. The van der Waals surface area contributed by atoms with Crippen molar-refractivity contribution >= 4 is 17.6 Å². The van der Waals surface area contributed by atoms with E-state index in [9.17, 15) is 9.59 Å². The van der Waals surface area contributed by atoms with Gasteiger partial charge in [-0.05, 0) is 24.1 Å². The standard InChI is InChI=1S/C16H17N3O4/c20-14(21)6-5-11-3-1-4-12(9-11)18-15(22)13-10-17-19-7-2-8-23-16(13)19/h1,3-4,9-10H,2,5-8H2,(H,18,22)(H,20,21). The second-order valence-corrected chi connectivity index (χ2v) is 5.34.